The molecule has 35 heavy (non-hydrogen) atoms. The van der Waals surface area contributed by atoms with Crippen LogP contribution in [-0.4, -0.2) is 43.0 Å². The number of benzene rings is 2. The van der Waals surface area contributed by atoms with Crippen LogP contribution in [0.5, 0.6) is 5.75 Å². The van der Waals surface area contributed by atoms with Crippen LogP contribution in [0.4, 0.5) is 5.82 Å². The molecule has 3 heterocycles. The second-order valence-corrected chi connectivity index (χ2v) is 8.40. The van der Waals surface area contributed by atoms with Crippen molar-refractivity contribution >= 4 is 45.6 Å². The molecule has 1 atom stereocenters. The van der Waals surface area contributed by atoms with Gasteiger partial charge in [0.15, 0.2) is 11.5 Å². The van der Waals surface area contributed by atoms with Crippen molar-refractivity contribution < 1.29 is 9.94 Å². The molecule has 0 aliphatic carbocycles. The summed E-state index contributed by atoms with van der Waals surface area (Å²) in [5.41, 5.74) is 3.70. The molecule has 176 valence electrons. The van der Waals surface area contributed by atoms with Crippen molar-refractivity contribution in [3.8, 4) is 5.75 Å². The molecule has 5 aromatic rings. The quantitative estimate of drug-likeness (QED) is 0.187. The molecular weight excluding hydrogens is 466 g/mol. The minimum atomic E-state index is -0.228. The number of hydrogen-bond donors (Lipinski definition) is 2. The minimum Gasteiger partial charge on any atom is -0.497 e. The zero-order valence-electron chi connectivity index (χ0n) is 19.1. The van der Waals surface area contributed by atoms with Crippen LogP contribution in [0.3, 0.4) is 0 Å². The summed E-state index contributed by atoms with van der Waals surface area (Å²) in [7, 11) is 1.65. The largest absolute Gasteiger partial charge is 0.497 e. The number of imidazole rings is 1. The minimum absolute atomic E-state index is 0.228. The van der Waals surface area contributed by atoms with Crippen LogP contribution < -0.4 is 10.1 Å². The number of halogens is 1. The molecule has 0 spiro atoms. The molecule has 2 aromatic carbocycles. The number of methoxy groups -OCH3 is 1. The molecule has 3 aromatic heterocycles. The van der Waals surface area contributed by atoms with Gasteiger partial charge in [-0.25, -0.2) is 19.9 Å². The Labute approximate surface area is 206 Å². The smallest absolute Gasteiger partial charge is 0.165 e. The first-order valence-corrected chi connectivity index (χ1v) is 11.3. The third kappa shape index (κ3) is 4.45. The summed E-state index contributed by atoms with van der Waals surface area (Å²) >= 11 is 6.37. The van der Waals surface area contributed by atoms with Gasteiger partial charge in [0.1, 0.15) is 17.6 Å². The van der Waals surface area contributed by atoms with Gasteiger partial charge in [0.2, 0.25) is 0 Å². The highest BCUT2D eigenvalue weighted by Gasteiger charge is 2.16. The van der Waals surface area contributed by atoms with Gasteiger partial charge in [0, 0.05) is 5.39 Å². The molecule has 5 rings (SSSR count). The van der Waals surface area contributed by atoms with E-state index in [2.05, 4.69) is 30.4 Å². The second-order valence-electron chi connectivity index (χ2n) is 8.00. The van der Waals surface area contributed by atoms with Crippen molar-refractivity contribution in [1.29, 1.82) is 0 Å². The van der Waals surface area contributed by atoms with E-state index in [9.17, 15) is 0 Å². The fraction of sp³-hybridized carbons (Fsp3) is 0.160. The van der Waals surface area contributed by atoms with E-state index in [4.69, 9.17) is 21.5 Å². The standard InChI is InChI=1S/C25H22ClN7O2/c1-15(20-10-17-4-3-5-19(26)22(17)21(32-20)11-30-34)31-24-23-25(28-13-27-24)33(14-29-23)12-16-6-8-18(35-2)9-7-16/h3-11,13-15,34H,12H2,1-2H3,(H,27,28,31)/b30-11-. The van der Waals surface area contributed by atoms with E-state index in [-0.39, 0.29) is 6.04 Å². The van der Waals surface area contributed by atoms with Gasteiger partial charge < -0.3 is 19.8 Å². The first-order valence-electron chi connectivity index (χ1n) is 10.9. The highest BCUT2D eigenvalue weighted by Crippen LogP contribution is 2.29. The van der Waals surface area contributed by atoms with Crippen molar-refractivity contribution in [3.05, 3.63) is 83.2 Å². The van der Waals surface area contributed by atoms with E-state index in [0.717, 1.165) is 33.4 Å². The van der Waals surface area contributed by atoms with E-state index in [0.29, 0.717) is 28.6 Å². The van der Waals surface area contributed by atoms with Gasteiger partial charge in [-0.15, -0.1) is 0 Å². The topological polar surface area (TPSA) is 110 Å². The zero-order chi connectivity index (χ0) is 24.4. The lowest BCUT2D eigenvalue weighted by Gasteiger charge is -2.16. The van der Waals surface area contributed by atoms with Crippen LogP contribution in [0.15, 0.2) is 66.3 Å². The Morgan fingerprint density at radius 2 is 2.00 bits per heavy atom. The lowest BCUT2D eigenvalue weighted by molar-refractivity contribution is 0.321. The van der Waals surface area contributed by atoms with Crippen molar-refractivity contribution in [2.45, 2.75) is 19.5 Å². The Hall–Kier alpha value is -4.24. The number of aromatic nitrogens is 5. The highest BCUT2D eigenvalue weighted by atomic mass is 35.5. The number of nitrogens with one attached hydrogen (secondary N) is 1. The van der Waals surface area contributed by atoms with Crippen LogP contribution in [0.1, 0.15) is 29.9 Å². The van der Waals surface area contributed by atoms with Crippen LogP contribution >= 0.6 is 11.6 Å². The van der Waals surface area contributed by atoms with Gasteiger partial charge in [-0.3, -0.25) is 0 Å². The second kappa shape index (κ2) is 9.55. The monoisotopic (exact) mass is 487 g/mol. The molecule has 0 saturated carbocycles. The SMILES string of the molecule is COc1ccc(Cn2cnc3c(NC(C)c4cc5cccc(Cl)c5c(/C=N\O)n4)ncnc32)cc1. The summed E-state index contributed by atoms with van der Waals surface area (Å²) in [4.78, 5) is 18.1. The summed E-state index contributed by atoms with van der Waals surface area (Å²) in [5, 5.41) is 17.8. The molecular formula is C25H22ClN7O2. The Kier molecular flexibility index (Phi) is 6.15. The zero-order valence-corrected chi connectivity index (χ0v) is 19.8. The number of ether oxygens (including phenoxy) is 1. The molecule has 0 saturated heterocycles. The predicted octanol–water partition coefficient (Wildman–Crippen LogP) is 5.07. The van der Waals surface area contributed by atoms with Gasteiger partial charge >= 0.3 is 0 Å². The lowest BCUT2D eigenvalue weighted by atomic mass is 10.1. The Morgan fingerprint density at radius 3 is 2.77 bits per heavy atom. The molecule has 0 aliphatic heterocycles. The lowest BCUT2D eigenvalue weighted by Crippen LogP contribution is -2.12. The molecule has 0 radical (unpaired) electrons. The number of pyridine rings is 1. The van der Waals surface area contributed by atoms with Gasteiger partial charge in [-0.2, -0.15) is 0 Å². The van der Waals surface area contributed by atoms with Gasteiger partial charge in [0.25, 0.3) is 0 Å². The van der Waals surface area contributed by atoms with Crippen molar-refractivity contribution in [1.82, 2.24) is 24.5 Å². The maximum absolute atomic E-state index is 9.12. The number of oxime groups is 1. The van der Waals surface area contributed by atoms with Crippen molar-refractivity contribution in [3.63, 3.8) is 0 Å². The molecule has 0 aliphatic rings. The average Bonchev–Trinajstić information content (AvgIpc) is 3.28. The number of fused-ring (bicyclic) bond motifs is 2. The average molecular weight is 488 g/mol. The van der Waals surface area contributed by atoms with Crippen LogP contribution in [0.25, 0.3) is 21.9 Å². The number of hydrogen-bond acceptors (Lipinski definition) is 8. The molecule has 0 fully saturated rings. The summed E-state index contributed by atoms with van der Waals surface area (Å²) in [6.07, 6.45) is 4.56. The molecule has 0 bridgehead atoms. The third-order valence-electron chi connectivity index (χ3n) is 5.75. The maximum atomic E-state index is 9.12. The summed E-state index contributed by atoms with van der Waals surface area (Å²) < 4.78 is 7.21. The van der Waals surface area contributed by atoms with Crippen LogP contribution in [-0.2, 0) is 6.54 Å². The van der Waals surface area contributed by atoms with E-state index < -0.39 is 0 Å². The summed E-state index contributed by atoms with van der Waals surface area (Å²) in [6, 6.07) is 15.2. The van der Waals surface area contributed by atoms with Crippen molar-refractivity contribution in [2.24, 2.45) is 5.16 Å². The molecule has 10 heteroatoms. The first-order chi connectivity index (χ1) is 17.1. The number of nitrogens with zero attached hydrogens (tertiary/aromatic N) is 6. The van der Waals surface area contributed by atoms with Crippen molar-refractivity contribution in [2.75, 3.05) is 12.4 Å². The van der Waals surface area contributed by atoms with Gasteiger partial charge in [-0.1, -0.05) is 41.0 Å². The number of rotatable bonds is 7. The van der Waals surface area contributed by atoms with Gasteiger partial charge in [0.05, 0.1) is 48.6 Å². The van der Waals surface area contributed by atoms with E-state index in [1.807, 2.05) is 54.0 Å². The first kappa shape index (κ1) is 22.5. The predicted molar refractivity (Wildman–Crippen MR) is 136 cm³/mol. The van der Waals surface area contributed by atoms with E-state index in [1.54, 1.807) is 19.5 Å². The van der Waals surface area contributed by atoms with Crippen LogP contribution in [0.2, 0.25) is 5.02 Å². The third-order valence-corrected chi connectivity index (χ3v) is 6.06. The Bertz CT molecular complexity index is 1530. The number of anilines is 1. The van der Waals surface area contributed by atoms with E-state index in [1.165, 1.54) is 12.5 Å². The fourth-order valence-corrected chi connectivity index (χ4v) is 4.28. The highest BCUT2D eigenvalue weighted by molar-refractivity contribution is 6.36. The molecule has 1 unspecified atom stereocenters. The van der Waals surface area contributed by atoms with E-state index >= 15 is 0 Å². The molecule has 9 nitrogen and oxygen atoms in total. The normalized spacial score (nSPS) is 12.4. The summed E-state index contributed by atoms with van der Waals surface area (Å²) in [6.45, 7) is 2.59. The fourth-order valence-electron chi connectivity index (χ4n) is 4.00. The summed E-state index contributed by atoms with van der Waals surface area (Å²) in [5.74, 6) is 1.41. The van der Waals surface area contributed by atoms with Crippen LogP contribution in [0, 0.1) is 0 Å². The molecule has 0 amide bonds. The Morgan fingerprint density at radius 1 is 1.17 bits per heavy atom. The Balaban J connectivity index is 1.45. The molecule has 2 N–H and O–H groups in total. The van der Waals surface area contributed by atoms with Gasteiger partial charge in [-0.05, 0) is 42.1 Å². The maximum Gasteiger partial charge on any atom is 0.165 e.